The first kappa shape index (κ1) is 11.6. The molecule has 0 aliphatic carbocycles. The molecule has 0 aliphatic heterocycles. The summed E-state index contributed by atoms with van der Waals surface area (Å²) < 4.78 is 6.53. The van der Waals surface area contributed by atoms with Crippen LogP contribution in [0.1, 0.15) is 5.82 Å². The number of carbonyl (C=O) groups excluding carboxylic acids is 1. The molecule has 7 nitrogen and oxygen atoms in total. The molecule has 0 unspecified atom stereocenters. The molecule has 0 fully saturated rings. The lowest BCUT2D eigenvalue weighted by Gasteiger charge is -2.02. The van der Waals surface area contributed by atoms with Gasteiger partial charge in [0, 0.05) is 13.6 Å². The Kier molecular flexibility index (Phi) is 4.72. The Morgan fingerprint density at radius 3 is 3.13 bits per heavy atom. The third-order valence-electron chi connectivity index (χ3n) is 1.59. The highest BCUT2D eigenvalue weighted by atomic mass is 16.5. The van der Waals surface area contributed by atoms with E-state index in [1.807, 2.05) is 0 Å². The lowest BCUT2D eigenvalue weighted by Crippen LogP contribution is -2.28. The number of carbonyl (C=O) groups is 1. The van der Waals surface area contributed by atoms with Crippen molar-refractivity contribution in [3.63, 3.8) is 0 Å². The number of nitrogens with two attached hydrogens (primary N) is 1. The fourth-order valence-electron chi connectivity index (χ4n) is 0.942. The quantitative estimate of drug-likeness (QED) is 0.555. The molecule has 7 heteroatoms. The Morgan fingerprint density at radius 1 is 1.73 bits per heavy atom. The Bertz CT molecular complexity index is 312. The number of nitrogens with one attached hydrogen (secondary N) is 1. The monoisotopic (exact) mass is 213 g/mol. The predicted molar refractivity (Wildman–Crippen MR) is 52.7 cm³/mol. The zero-order valence-corrected chi connectivity index (χ0v) is 8.64. The fraction of sp³-hybridized carbons (Fsp3) is 0.625. The Labute approximate surface area is 87.6 Å². The summed E-state index contributed by atoms with van der Waals surface area (Å²) in [5.74, 6) is 0.376. The molecule has 1 rings (SSSR count). The van der Waals surface area contributed by atoms with Crippen LogP contribution in [0.2, 0.25) is 0 Å². The van der Waals surface area contributed by atoms with Crippen LogP contribution in [0.5, 0.6) is 0 Å². The van der Waals surface area contributed by atoms with Gasteiger partial charge in [0.05, 0.1) is 13.2 Å². The van der Waals surface area contributed by atoms with Gasteiger partial charge in [-0.1, -0.05) is 0 Å². The van der Waals surface area contributed by atoms with Crippen molar-refractivity contribution < 1.29 is 9.53 Å². The molecule has 1 aromatic heterocycles. The molecule has 3 N–H and O–H groups in total. The fourth-order valence-corrected chi connectivity index (χ4v) is 0.942. The molecule has 0 bridgehead atoms. The number of hydrogen-bond donors (Lipinski definition) is 2. The summed E-state index contributed by atoms with van der Waals surface area (Å²) in [7, 11) is 1.77. The van der Waals surface area contributed by atoms with Gasteiger partial charge in [-0.25, -0.2) is 4.98 Å². The molecule has 0 aromatic carbocycles. The molecule has 0 saturated carbocycles. The van der Waals surface area contributed by atoms with Crippen LogP contribution in [0, 0.1) is 0 Å². The maximum atomic E-state index is 11.2. The van der Waals surface area contributed by atoms with Crippen molar-refractivity contribution >= 4 is 5.91 Å². The van der Waals surface area contributed by atoms with E-state index in [-0.39, 0.29) is 12.5 Å². The zero-order valence-electron chi connectivity index (χ0n) is 8.64. The van der Waals surface area contributed by atoms with E-state index >= 15 is 0 Å². The molecule has 1 aromatic rings. The van der Waals surface area contributed by atoms with Gasteiger partial charge in [-0.05, 0) is 0 Å². The van der Waals surface area contributed by atoms with Crippen LogP contribution in [-0.2, 0) is 23.1 Å². The van der Waals surface area contributed by atoms with E-state index in [1.54, 1.807) is 18.1 Å². The predicted octanol–water partition coefficient (Wildman–Crippen LogP) is -1.59. The van der Waals surface area contributed by atoms with Crippen molar-refractivity contribution in [2.75, 3.05) is 19.8 Å². The smallest absolute Gasteiger partial charge is 0.246 e. The summed E-state index contributed by atoms with van der Waals surface area (Å²) in [6.45, 7) is 1.13. The van der Waals surface area contributed by atoms with E-state index in [0.29, 0.717) is 25.5 Å². The number of rotatable bonds is 6. The number of aryl methyl sites for hydroxylation is 1. The first-order chi connectivity index (χ1) is 7.22. The van der Waals surface area contributed by atoms with E-state index in [4.69, 9.17) is 10.5 Å². The number of aromatic nitrogens is 3. The molecule has 0 spiro atoms. The number of amides is 1. The summed E-state index contributed by atoms with van der Waals surface area (Å²) in [5, 5.41) is 6.64. The van der Waals surface area contributed by atoms with E-state index in [0.717, 1.165) is 0 Å². The van der Waals surface area contributed by atoms with Gasteiger partial charge in [0.1, 0.15) is 12.9 Å². The second-order valence-corrected chi connectivity index (χ2v) is 2.95. The first-order valence-corrected chi connectivity index (χ1v) is 4.61. The molecule has 84 valence electrons. The van der Waals surface area contributed by atoms with Gasteiger partial charge in [-0.3, -0.25) is 9.48 Å². The van der Waals surface area contributed by atoms with Crippen molar-refractivity contribution in [1.82, 2.24) is 20.1 Å². The SMILES string of the molecule is Cn1cnc(CNC(=O)COCCN)n1. The van der Waals surface area contributed by atoms with Crippen LogP contribution in [-0.4, -0.2) is 40.4 Å². The van der Waals surface area contributed by atoms with Gasteiger partial charge in [0.2, 0.25) is 5.91 Å². The van der Waals surface area contributed by atoms with Crippen molar-refractivity contribution in [2.45, 2.75) is 6.54 Å². The standard InChI is InChI=1S/C8H15N5O2/c1-13-6-11-7(12-13)4-10-8(14)5-15-3-2-9/h6H,2-5,9H2,1H3,(H,10,14). The second-order valence-electron chi connectivity index (χ2n) is 2.95. The number of ether oxygens (including phenoxy) is 1. The minimum atomic E-state index is -0.198. The molecule has 0 atom stereocenters. The third-order valence-corrected chi connectivity index (χ3v) is 1.59. The Hall–Kier alpha value is -1.47. The summed E-state index contributed by atoms with van der Waals surface area (Å²) in [6.07, 6.45) is 1.58. The maximum absolute atomic E-state index is 11.2. The molecular weight excluding hydrogens is 198 g/mol. The van der Waals surface area contributed by atoms with Crippen LogP contribution in [0.25, 0.3) is 0 Å². The van der Waals surface area contributed by atoms with E-state index in [9.17, 15) is 4.79 Å². The van der Waals surface area contributed by atoms with Gasteiger partial charge >= 0.3 is 0 Å². The lowest BCUT2D eigenvalue weighted by molar-refractivity contribution is -0.125. The van der Waals surface area contributed by atoms with E-state index < -0.39 is 0 Å². The molecule has 0 aliphatic rings. The molecule has 1 heterocycles. The normalized spacial score (nSPS) is 10.3. The van der Waals surface area contributed by atoms with Gasteiger partial charge in [0.25, 0.3) is 0 Å². The van der Waals surface area contributed by atoms with Gasteiger partial charge < -0.3 is 15.8 Å². The summed E-state index contributed by atoms with van der Waals surface area (Å²) >= 11 is 0. The maximum Gasteiger partial charge on any atom is 0.246 e. The van der Waals surface area contributed by atoms with Crippen LogP contribution in [0.15, 0.2) is 6.33 Å². The summed E-state index contributed by atoms with van der Waals surface area (Å²) in [6, 6.07) is 0. The average molecular weight is 213 g/mol. The van der Waals surface area contributed by atoms with Crippen LogP contribution in [0.3, 0.4) is 0 Å². The van der Waals surface area contributed by atoms with Crippen molar-refractivity contribution in [2.24, 2.45) is 12.8 Å². The highest BCUT2D eigenvalue weighted by Gasteiger charge is 2.03. The summed E-state index contributed by atoms with van der Waals surface area (Å²) in [4.78, 5) is 15.1. The Morgan fingerprint density at radius 2 is 2.53 bits per heavy atom. The molecule has 15 heavy (non-hydrogen) atoms. The molecule has 1 amide bonds. The Balaban J connectivity index is 2.16. The van der Waals surface area contributed by atoms with E-state index in [1.165, 1.54) is 0 Å². The zero-order chi connectivity index (χ0) is 11.1. The van der Waals surface area contributed by atoms with Crippen LogP contribution in [0.4, 0.5) is 0 Å². The van der Waals surface area contributed by atoms with Gasteiger partial charge in [-0.15, -0.1) is 0 Å². The van der Waals surface area contributed by atoms with Crippen molar-refractivity contribution in [1.29, 1.82) is 0 Å². The largest absolute Gasteiger partial charge is 0.370 e. The minimum absolute atomic E-state index is 0.0179. The molecule has 0 saturated heterocycles. The first-order valence-electron chi connectivity index (χ1n) is 4.61. The summed E-state index contributed by atoms with van der Waals surface area (Å²) in [5.41, 5.74) is 5.20. The van der Waals surface area contributed by atoms with Crippen molar-refractivity contribution in [3.8, 4) is 0 Å². The number of nitrogens with zero attached hydrogens (tertiary/aromatic N) is 3. The average Bonchev–Trinajstić information content (AvgIpc) is 2.62. The molecule has 0 radical (unpaired) electrons. The lowest BCUT2D eigenvalue weighted by atomic mass is 10.5. The van der Waals surface area contributed by atoms with Crippen LogP contribution >= 0.6 is 0 Å². The number of hydrogen-bond acceptors (Lipinski definition) is 5. The third kappa shape index (κ3) is 4.52. The van der Waals surface area contributed by atoms with Crippen LogP contribution < -0.4 is 11.1 Å². The molecular formula is C8H15N5O2. The minimum Gasteiger partial charge on any atom is -0.370 e. The second kappa shape index (κ2) is 6.10. The van der Waals surface area contributed by atoms with Crippen molar-refractivity contribution in [3.05, 3.63) is 12.2 Å². The van der Waals surface area contributed by atoms with Gasteiger partial charge in [-0.2, -0.15) is 5.10 Å². The highest BCUT2D eigenvalue weighted by Crippen LogP contribution is 1.86. The topological polar surface area (TPSA) is 95.1 Å². The van der Waals surface area contributed by atoms with Gasteiger partial charge in [0.15, 0.2) is 5.82 Å². The van der Waals surface area contributed by atoms with E-state index in [2.05, 4.69) is 15.4 Å². The highest BCUT2D eigenvalue weighted by molar-refractivity contribution is 5.77.